The normalized spacial score (nSPS) is 20.4. The zero-order valence-corrected chi connectivity index (χ0v) is 14.1. The summed E-state index contributed by atoms with van der Waals surface area (Å²) in [4.78, 5) is 0. The van der Waals surface area contributed by atoms with Crippen LogP contribution in [0.15, 0.2) is 18.2 Å². The van der Waals surface area contributed by atoms with Crippen LogP contribution in [0.25, 0.3) is 0 Å². The second-order valence-electron chi connectivity index (χ2n) is 5.16. The molecule has 2 N–H and O–H groups in total. The number of nitrogens with one attached hydrogen (secondary N) is 2. The van der Waals surface area contributed by atoms with Crippen molar-refractivity contribution in [2.75, 3.05) is 31.4 Å². The molecule has 0 saturated carbocycles. The monoisotopic (exact) mass is 351 g/mol. The van der Waals surface area contributed by atoms with Crippen LogP contribution >= 0.6 is 23.2 Å². The van der Waals surface area contributed by atoms with Gasteiger partial charge in [-0.05, 0) is 50.6 Å². The van der Waals surface area contributed by atoms with Crippen molar-refractivity contribution < 1.29 is 8.42 Å². The van der Waals surface area contributed by atoms with Crippen molar-refractivity contribution in [3.05, 3.63) is 28.2 Å². The summed E-state index contributed by atoms with van der Waals surface area (Å²) < 4.78 is 28.9. The highest BCUT2D eigenvalue weighted by Crippen LogP contribution is 2.28. The number of piperidine rings is 1. The summed E-state index contributed by atoms with van der Waals surface area (Å²) in [6, 6.07) is 4.70. The van der Waals surface area contributed by atoms with Gasteiger partial charge in [0.25, 0.3) is 0 Å². The molecule has 1 fully saturated rings. The smallest absolute Gasteiger partial charge is 0.301 e. The molecule has 21 heavy (non-hydrogen) atoms. The van der Waals surface area contributed by atoms with Crippen LogP contribution in [-0.2, 0) is 10.2 Å². The highest BCUT2D eigenvalue weighted by molar-refractivity contribution is 7.90. The van der Waals surface area contributed by atoms with E-state index in [1.165, 1.54) is 10.4 Å². The molecule has 118 valence electrons. The Hall–Kier alpha value is -0.530. The summed E-state index contributed by atoms with van der Waals surface area (Å²) in [6.45, 7) is 1.84. The van der Waals surface area contributed by atoms with Crippen molar-refractivity contribution in [2.45, 2.75) is 12.8 Å². The third-order valence-corrected chi connectivity index (χ3v) is 5.54. The van der Waals surface area contributed by atoms with E-state index in [9.17, 15) is 8.42 Å². The van der Waals surface area contributed by atoms with Crippen molar-refractivity contribution in [1.29, 1.82) is 0 Å². The first-order chi connectivity index (χ1) is 9.92. The topological polar surface area (TPSA) is 61.4 Å². The van der Waals surface area contributed by atoms with Crippen LogP contribution in [0.2, 0.25) is 10.0 Å². The Balaban J connectivity index is 2.12. The fourth-order valence-corrected chi connectivity index (χ4v) is 4.23. The summed E-state index contributed by atoms with van der Waals surface area (Å²) in [5.74, 6) is 0.329. The second-order valence-corrected chi connectivity index (χ2v) is 7.67. The molecule has 0 radical (unpaired) electrons. The fraction of sp³-hybridized carbons (Fsp3) is 0.538. The van der Waals surface area contributed by atoms with E-state index in [-0.39, 0.29) is 0 Å². The summed E-state index contributed by atoms with van der Waals surface area (Å²) in [5.41, 5.74) is 0.305. The molecule has 1 aromatic rings. The second kappa shape index (κ2) is 7.15. The maximum atomic E-state index is 12.5. The maximum Gasteiger partial charge on any atom is 0.301 e. The molecule has 0 amide bonds. The molecule has 1 aromatic carbocycles. The summed E-state index contributed by atoms with van der Waals surface area (Å²) >= 11 is 11.9. The van der Waals surface area contributed by atoms with E-state index in [1.54, 1.807) is 12.1 Å². The Morgan fingerprint density at radius 2 is 2.14 bits per heavy atom. The lowest BCUT2D eigenvalue weighted by Crippen LogP contribution is -2.44. The van der Waals surface area contributed by atoms with Crippen LogP contribution in [0.1, 0.15) is 12.8 Å². The summed E-state index contributed by atoms with van der Waals surface area (Å²) in [7, 11) is -1.74. The molecule has 5 nitrogen and oxygen atoms in total. The van der Waals surface area contributed by atoms with E-state index >= 15 is 0 Å². The first kappa shape index (κ1) is 16.8. The number of hydrogen-bond donors (Lipinski definition) is 2. The van der Waals surface area contributed by atoms with Crippen LogP contribution in [0.4, 0.5) is 5.69 Å². The molecular weight excluding hydrogens is 333 g/mol. The Labute approximate surface area is 135 Å². The lowest BCUT2D eigenvalue weighted by atomic mass is 10.00. The number of halogens is 2. The minimum Gasteiger partial charge on any atom is -0.319 e. The molecule has 1 saturated heterocycles. The highest BCUT2D eigenvalue weighted by atomic mass is 35.5. The molecule has 0 aliphatic carbocycles. The lowest BCUT2D eigenvalue weighted by molar-refractivity contribution is 0.264. The number of nitrogens with zero attached hydrogens (tertiary/aromatic N) is 1. The van der Waals surface area contributed by atoms with Crippen molar-refractivity contribution in [3.8, 4) is 0 Å². The molecule has 1 aliphatic heterocycles. The first-order valence-electron chi connectivity index (χ1n) is 6.80. The van der Waals surface area contributed by atoms with E-state index in [0.29, 0.717) is 34.7 Å². The van der Waals surface area contributed by atoms with Crippen molar-refractivity contribution in [1.82, 2.24) is 9.62 Å². The van der Waals surface area contributed by atoms with Gasteiger partial charge >= 0.3 is 10.2 Å². The van der Waals surface area contributed by atoms with Gasteiger partial charge in [0.1, 0.15) is 0 Å². The van der Waals surface area contributed by atoms with Gasteiger partial charge in [0.05, 0.1) is 10.7 Å². The van der Waals surface area contributed by atoms with E-state index < -0.39 is 10.2 Å². The highest BCUT2D eigenvalue weighted by Gasteiger charge is 2.29. The molecule has 8 heteroatoms. The van der Waals surface area contributed by atoms with E-state index in [2.05, 4.69) is 10.0 Å². The van der Waals surface area contributed by atoms with Crippen LogP contribution in [-0.4, -0.2) is 39.4 Å². The number of hydrogen-bond acceptors (Lipinski definition) is 3. The predicted octanol–water partition coefficient (Wildman–Crippen LogP) is 2.58. The van der Waals surface area contributed by atoms with Crippen LogP contribution in [0.5, 0.6) is 0 Å². The molecule has 1 aliphatic rings. The van der Waals surface area contributed by atoms with Crippen molar-refractivity contribution in [3.63, 3.8) is 0 Å². The Morgan fingerprint density at radius 1 is 1.38 bits per heavy atom. The molecule has 1 unspecified atom stereocenters. The van der Waals surface area contributed by atoms with Gasteiger partial charge in [-0.3, -0.25) is 4.72 Å². The van der Waals surface area contributed by atoms with Gasteiger partial charge in [-0.15, -0.1) is 0 Å². The van der Waals surface area contributed by atoms with Crippen molar-refractivity contribution >= 4 is 39.1 Å². The fourth-order valence-electron chi connectivity index (χ4n) is 2.48. The van der Waals surface area contributed by atoms with Gasteiger partial charge in [-0.25, -0.2) is 0 Å². The van der Waals surface area contributed by atoms with Gasteiger partial charge in [-0.1, -0.05) is 23.2 Å². The third kappa shape index (κ3) is 4.47. The van der Waals surface area contributed by atoms with Gasteiger partial charge in [-0.2, -0.15) is 12.7 Å². The van der Waals surface area contributed by atoms with E-state index in [0.717, 1.165) is 19.4 Å². The molecular formula is C13H19Cl2N3O2S. The van der Waals surface area contributed by atoms with Gasteiger partial charge < -0.3 is 5.32 Å². The van der Waals surface area contributed by atoms with Gasteiger partial charge in [0.15, 0.2) is 0 Å². The maximum absolute atomic E-state index is 12.5. The number of anilines is 1. The van der Waals surface area contributed by atoms with E-state index in [4.69, 9.17) is 23.2 Å². The Bertz CT molecular complexity index is 593. The first-order valence-corrected chi connectivity index (χ1v) is 8.99. The van der Waals surface area contributed by atoms with Crippen molar-refractivity contribution in [2.24, 2.45) is 5.92 Å². The summed E-state index contributed by atoms with van der Waals surface area (Å²) in [5, 5.41) is 3.86. The number of rotatable bonds is 5. The zero-order chi connectivity index (χ0) is 15.5. The minimum absolute atomic E-state index is 0.305. The molecule has 1 heterocycles. The number of benzene rings is 1. The van der Waals surface area contributed by atoms with E-state index in [1.807, 2.05) is 7.05 Å². The quantitative estimate of drug-likeness (QED) is 0.856. The predicted molar refractivity (Wildman–Crippen MR) is 87.2 cm³/mol. The third-order valence-electron chi connectivity index (χ3n) is 3.48. The van der Waals surface area contributed by atoms with Gasteiger partial charge in [0, 0.05) is 18.1 Å². The van der Waals surface area contributed by atoms with Crippen LogP contribution in [0.3, 0.4) is 0 Å². The van der Waals surface area contributed by atoms with Gasteiger partial charge in [0.2, 0.25) is 0 Å². The zero-order valence-electron chi connectivity index (χ0n) is 11.8. The summed E-state index contributed by atoms with van der Waals surface area (Å²) in [6.07, 6.45) is 1.89. The SMILES string of the molecule is CNCC1CCCN(S(=O)(=O)Nc2cc(Cl)ccc2Cl)C1. The largest absolute Gasteiger partial charge is 0.319 e. The Kier molecular flexibility index (Phi) is 5.73. The standard InChI is InChI=1S/C13H19Cl2N3O2S/c1-16-8-10-3-2-6-18(9-10)21(19,20)17-13-7-11(14)4-5-12(13)15/h4-5,7,10,16-17H,2-3,6,8-9H2,1H3. The molecule has 0 bridgehead atoms. The average Bonchev–Trinajstić information content (AvgIpc) is 2.43. The molecule has 0 spiro atoms. The van der Waals surface area contributed by atoms with Crippen LogP contribution in [0, 0.1) is 5.92 Å². The lowest BCUT2D eigenvalue weighted by Gasteiger charge is -2.32. The average molecular weight is 352 g/mol. The molecule has 0 aromatic heterocycles. The molecule has 1 atom stereocenters. The van der Waals surface area contributed by atoms with Crippen LogP contribution < -0.4 is 10.0 Å². The molecule has 2 rings (SSSR count). The Morgan fingerprint density at radius 3 is 2.86 bits per heavy atom. The minimum atomic E-state index is -3.61.